The Kier molecular flexibility index (Phi) is 5.93. The predicted molar refractivity (Wildman–Crippen MR) is 99.8 cm³/mol. The monoisotopic (exact) mass is 391 g/mol. The smallest absolute Gasteiger partial charge is 0.322 e. The van der Waals surface area contributed by atoms with Crippen LogP contribution in [0.1, 0.15) is 12.0 Å². The molecule has 0 radical (unpaired) electrons. The van der Waals surface area contributed by atoms with Gasteiger partial charge < -0.3 is 20.6 Å². The summed E-state index contributed by atoms with van der Waals surface area (Å²) >= 11 is 5.96. The van der Waals surface area contributed by atoms with E-state index in [2.05, 4.69) is 10.6 Å². The molecule has 142 valence electrons. The highest BCUT2D eigenvalue weighted by molar-refractivity contribution is 6.31. The predicted octanol–water partition coefficient (Wildman–Crippen LogP) is 2.76. The first kappa shape index (κ1) is 19.1. The van der Waals surface area contributed by atoms with E-state index in [0.29, 0.717) is 5.69 Å². The van der Waals surface area contributed by atoms with Crippen molar-refractivity contribution in [2.45, 2.75) is 25.1 Å². The Hall–Kier alpha value is -2.64. The number of rotatable bonds is 4. The number of hydrogen-bond acceptors (Lipinski definition) is 3. The highest BCUT2D eigenvalue weighted by Crippen LogP contribution is 2.22. The van der Waals surface area contributed by atoms with Crippen LogP contribution >= 0.6 is 11.6 Å². The number of benzene rings is 2. The molecular weight excluding hydrogens is 373 g/mol. The molecule has 0 bridgehead atoms. The molecule has 2 atom stereocenters. The SMILES string of the molecule is O=C(NCc1c(F)cccc1Cl)[C@@H]1C[C@@H](O)CN1C(=O)Nc1ccccc1. The van der Waals surface area contributed by atoms with Crippen LogP contribution in [0.25, 0.3) is 0 Å². The molecule has 27 heavy (non-hydrogen) atoms. The third-order valence-corrected chi connectivity index (χ3v) is 4.72. The molecule has 3 N–H and O–H groups in total. The summed E-state index contributed by atoms with van der Waals surface area (Å²) in [4.78, 5) is 26.3. The Morgan fingerprint density at radius 3 is 2.63 bits per heavy atom. The number of aliphatic hydroxyl groups is 1. The van der Waals surface area contributed by atoms with Gasteiger partial charge in [-0.2, -0.15) is 0 Å². The Bertz CT molecular complexity index is 814. The fourth-order valence-corrected chi connectivity index (χ4v) is 3.23. The number of halogens is 2. The van der Waals surface area contributed by atoms with Crippen molar-refractivity contribution in [3.63, 3.8) is 0 Å². The topological polar surface area (TPSA) is 81.7 Å². The average molecular weight is 392 g/mol. The van der Waals surface area contributed by atoms with Gasteiger partial charge in [0.1, 0.15) is 11.9 Å². The molecule has 3 amide bonds. The largest absolute Gasteiger partial charge is 0.391 e. The van der Waals surface area contributed by atoms with Crippen molar-refractivity contribution < 1.29 is 19.1 Å². The summed E-state index contributed by atoms with van der Waals surface area (Å²) in [6, 6.07) is 11.7. The molecule has 6 nitrogen and oxygen atoms in total. The van der Waals surface area contributed by atoms with Gasteiger partial charge in [-0.1, -0.05) is 35.9 Å². The third-order valence-electron chi connectivity index (χ3n) is 4.37. The molecular formula is C19H19ClFN3O3. The molecule has 1 saturated heterocycles. The Balaban J connectivity index is 1.66. The van der Waals surface area contributed by atoms with E-state index in [1.165, 1.54) is 23.1 Å². The summed E-state index contributed by atoms with van der Waals surface area (Å²) in [5.74, 6) is -0.998. The number of anilines is 1. The summed E-state index contributed by atoms with van der Waals surface area (Å²) in [5.41, 5.74) is 0.757. The van der Waals surface area contributed by atoms with Crippen LogP contribution in [0, 0.1) is 5.82 Å². The number of hydrogen-bond donors (Lipinski definition) is 3. The second-order valence-corrected chi connectivity index (χ2v) is 6.68. The number of amides is 3. The van der Waals surface area contributed by atoms with E-state index in [0.717, 1.165) is 0 Å². The summed E-state index contributed by atoms with van der Waals surface area (Å²) in [6.07, 6.45) is -0.696. The zero-order valence-electron chi connectivity index (χ0n) is 14.4. The van der Waals surface area contributed by atoms with Crippen molar-refractivity contribution in [3.8, 4) is 0 Å². The molecule has 0 spiro atoms. The van der Waals surface area contributed by atoms with Crippen molar-refractivity contribution in [1.82, 2.24) is 10.2 Å². The standard InChI is InChI=1S/C19H19ClFN3O3/c20-15-7-4-8-16(21)14(15)10-22-18(26)17-9-13(25)11-24(17)19(27)23-12-5-2-1-3-6-12/h1-8,13,17,25H,9-11H2,(H,22,26)(H,23,27)/t13-,17+/m1/s1. The highest BCUT2D eigenvalue weighted by atomic mass is 35.5. The molecule has 1 aliphatic heterocycles. The summed E-state index contributed by atoms with van der Waals surface area (Å²) in [7, 11) is 0. The molecule has 0 saturated carbocycles. The number of para-hydroxylation sites is 1. The number of likely N-dealkylation sites (tertiary alicyclic amines) is 1. The van der Waals surface area contributed by atoms with Crippen LogP contribution in [0.3, 0.4) is 0 Å². The van der Waals surface area contributed by atoms with Gasteiger partial charge in [0.05, 0.1) is 6.10 Å². The van der Waals surface area contributed by atoms with Crippen LogP contribution in [-0.2, 0) is 11.3 Å². The number of carbonyl (C=O) groups excluding carboxylic acids is 2. The molecule has 0 unspecified atom stereocenters. The molecule has 1 aliphatic rings. The van der Waals surface area contributed by atoms with E-state index >= 15 is 0 Å². The number of nitrogens with one attached hydrogen (secondary N) is 2. The molecule has 8 heteroatoms. The van der Waals surface area contributed by atoms with E-state index < -0.39 is 29.9 Å². The molecule has 1 fully saturated rings. The summed E-state index contributed by atoms with van der Waals surface area (Å²) < 4.78 is 13.8. The van der Waals surface area contributed by atoms with E-state index in [4.69, 9.17) is 11.6 Å². The first-order valence-corrected chi connectivity index (χ1v) is 8.85. The van der Waals surface area contributed by atoms with Crippen LogP contribution in [0.4, 0.5) is 14.9 Å². The molecule has 1 heterocycles. The molecule has 3 rings (SSSR count). The first-order chi connectivity index (χ1) is 13.0. The van der Waals surface area contributed by atoms with Crippen molar-refractivity contribution >= 4 is 29.2 Å². The highest BCUT2D eigenvalue weighted by Gasteiger charge is 2.39. The summed E-state index contributed by atoms with van der Waals surface area (Å²) in [6.45, 7) is -0.0672. The van der Waals surface area contributed by atoms with Crippen LogP contribution in [0.5, 0.6) is 0 Å². The van der Waals surface area contributed by atoms with Gasteiger partial charge in [-0.3, -0.25) is 4.79 Å². The summed E-state index contributed by atoms with van der Waals surface area (Å²) in [5, 5.41) is 15.4. The number of nitrogens with zero attached hydrogens (tertiary/aromatic N) is 1. The molecule has 0 aliphatic carbocycles. The molecule has 2 aromatic rings. The van der Waals surface area contributed by atoms with Gasteiger partial charge >= 0.3 is 6.03 Å². The van der Waals surface area contributed by atoms with E-state index in [-0.39, 0.29) is 30.1 Å². The first-order valence-electron chi connectivity index (χ1n) is 8.47. The quantitative estimate of drug-likeness (QED) is 0.749. The van der Waals surface area contributed by atoms with E-state index in [1.807, 2.05) is 6.07 Å². The number of carbonyl (C=O) groups is 2. The molecule has 0 aromatic heterocycles. The maximum atomic E-state index is 13.8. The van der Waals surface area contributed by atoms with Gasteiger partial charge in [0.2, 0.25) is 5.91 Å². The van der Waals surface area contributed by atoms with E-state index in [1.54, 1.807) is 24.3 Å². The second-order valence-electron chi connectivity index (χ2n) is 6.27. The van der Waals surface area contributed by atoms with Crippen LogP contribution in [0.15, 0.2) is 48.5 Å². The molecule has 2 aromatic carbocycles. The fourth-order valence-electron chi connectivity index (χ4n) is 3.00. The lowest BCUT2D eigenvalue weighted by Gasteiger charge is -2.24. The minimum Gasteiger partial charge on any atom is -0.391 e. The maximum absolute atomic E-state index is 13.8. The lowest BCUT2D eigenvalue weighted by atomic mass is 10.1. The van der Waals surface area contributed by atoms with Gasteiger partial charge in [-0.05, 0) is 24.3 Å². The lowest BCUT2D eigenvalue weighted by Crippen LogP contribution is -2.47. The van der Waals surface area contributed by atoms with Crippen molar-refractivity contribution in [1.29, 1.82) is 0 Å². The van der Waals surface area contributed by atoms with Crippen LogP contribution in [-0.4, -0.2) is 40.6 Å². The lowest BCUT2D eigenvalue weighted by molar-refractivity contribution is -0.124. The average Bonchev–Trinajstić information content (AvgIpc) is 3.04. The number of aliphatic hydroxyl groups excluding tert-OH is 1. The van der Waals surface area contributed by atoms with Crippen molar-refractivity contribution in [3.05, 3.63) is 64.9 Å². The minimum absolute atomic E-state index is 0.0389. The fraction of sp³-hybridized carbons (Fsp3) is 0.263. The normalized spacial score (nSPS) is 19.0. The number of β-amino-alcohol motifs (C(OH)–C–C–N with tert-alkyl or cyclic N) is 1. The van der Waals surface area contributed by atoms with Gasteiger partial charge in [-0.15, -0.1) is 0 Å². The van der Waals surface area contributed by atoms with Gasteiger partial charge in [-0.25, -0.2) is 9.18 Å². The van der Waals surface area contributed by atoms with Crippen LogP contribution < -0.4 is 10.6 Å². The van der Waals surface area contributed by atoms with Crippen molar-refractivity contribution in [2.24, 2.45) is 0 Å². The zero-order chi connectivity index (χ0) is 19.4. The second kappa shape index (κ2) is 8.37. The van der Waals surface area contributed by atoms with Crippen LogP contribution in [0.2, 0.25) is 5.02 Å². The third kappa shape index (κ3) is 4.56. The van der Waals surface area contributed by atoms with Gasteiger partial charge in [0.15, 0.2) is 0 Å². The van der Waals surface area contributed by atoms with Gasteiger partial charge in [0, 0.05) is 35.8 Å². The van der Waals surface area contributed by atoms with Gasteiger partial charge in [0.25, 0.3) is 0 Å². The number of urea groups is 1. The Morgan fingerprint density at radius 2 is 1.93 bits per heavy atom. The van der Waals surface area contributed by atoms with E-state index in [9.17, 15) is 19.1 Å². The Labute approximate surface area is 160 Å². The maximum Gasteiger partial charge on any atom is 0.322 e. The van der Waals surface area contributed by atoms with Crippen molar-refractivity contribution in [2.75, 3.05) is 11.9 Å². The minimum atomic E-state index is -0.853. The zero-order valence-corrected chi connectivity index (χ0v) is 15.1. The Morgan fingerprint density at radius 1 is 1.19 bits per heavy atom.